The number of morpholine rings is 1. The Morgan fingerprint density at radius 1 is 1.21 bits per heavy atom. The zero-order chi connectivity index (χ0) is 20.9. The smallest absolute Gasteiger partial charge is 0.253 e. The topological polar surface area (TPSA) is 91.8 Å². The van der Waals surface area contributed by atoms with Gasteiger partial charge in [0.25, 0.3) is 15.9 Å². The van der Waals surface area contributed by atoms with E-state index in [4.69, 9.17) is 4.74 Å². The molecule has 3 rings (SSSR count). The quantitative estimate of drug-likeness (QED) is 0.677. The number of hydrogen-bond acceptors (Lipinski definition) is 7. The van der Waals surface area contributed by atoms with Crippen LogP contribution < -0.4 is 10.2 Å². The fourth-order valence-electron chi connectivity index (χ4n) is 3.05. The third kappa shape index (κ3) is 5.13. The van der Waals surface area contributed by atoms with Crippen LogP contribution in [-0.4, -0.2) is 63.0 Å². The van der Waals surface area contributed by atoms with Gasteiger partial charge in [-0.15, -0.1) is 11.3 Å². The Hall–Kier alpha value is -2.01. The van der Waals surface area contributed by atoms with Gasteiger partial charge >= 0.3 is 0 Å². The summed E-state index contributed by atoms with van der Waals surface area (Å²) in [5, 5.41) is 2.83. The summed E-state index contributed by atoms with van der Waals surface area (Å²) < 4.78 is 32.2. The van der Waals surface area contributed by atoms with E-state index >= 15 is 0 Å². The first-order valence-corrected chi connectivity index (χ1v) is 11.9. The molecule has 1 N–H and O–H groups in total. The van der Waals surface area contributed by atoms with Gasteiger partial charge in [-0.25, -0.2) is 13.4 Å². The predicted molar refractivity (Wildman–Crippen MR) is 113 cm³/mol. The number of carbonyl (C=O) groups is 1. The van der Waals surface area contributed by atoms with E-state index in [1.54, 1.807) is 24.4 Å². The summed E-state index contributed by atoms with van der Waals surface area (Å²) in [4.78, 5) is 19.7. The van der Waals surface area contributed by atoms with Crippen molar-refractivity contribution in [2.45, 2.75) is 24.6 Å². The Balaban J connectivity index is 1.59. The lowest BCUT2D eigenvalue weighted by Gasteiger charge is -2.27. The Labute approximate surface area is 175 Å². The van der Waals surface area contributed by atoms with E-state index < -0.39 is 10.0 Å². The van der Waals surface area contributed by atoms with Crippen molar-refractivity contribution in [3.8, 4) is 0 Å². The van der Waals surface area contributed by atoms with Gasteiger partial charge in [-0.2, -0.15) is 4.31 Å². The van der Waals surface area contributed by atoms with Crippen LogP contribution in [0.25, 0.3) is 0 Å². The Kier molecular flexibility index (Phi) is 7.23. The van der Waals surface area contributed by atoms with Crippen molar-refractivity contribution in [1.82, 2.24) is 14.6 Å². The highest BCUT2D eigenvalue weighted by Gasteiger charge is 2.23. The van der Waals surface area contributed by atoms with Crippen LogP contribution in [0.2, 0.25) is 0 Å². The predicted octanol–water partition coefficient (Wildman–Crippen LogP) is 1.94. The Morgan fingerprint density at radius 3 is 2.55 bits per heavy atom. The van der Waals surface area contributed by atoms with Gasteiger partial charge < -0.3 is 15.0 Å². The van der Waals surface area contributed by atoms with Crippen molar-refractivity contribution in [2.24, 2.45) is 0 Å². The minimum Gasteiger partial charge on any atom is -0.378 e. The molecule has 1 fully saturated rings. The molecule has 0 saturated carbocycles. The molecule has 1 saturated heterocycles. The lowest BCUT2D eigenvalue weighted by atomic mass is 10.2. The van der Waals surface area contributed by atoms with Crippen LogP contribution in [-0.2, 0) is 21.3 Å². The van der Waals surface area contributed by atoms with E-state index in [1.807, 2.05) is 19.9 Å². The number of sulfonamides is 1. The molecule has 8 nitrogen and oxygen atoms in total. The molecule has 0 spiro atoms. The summed E-state index contributed by atoms with van der Waals surface area (Å²) in [5.41, 5.74) is 0.467. The van der Waals surface area contributed by atoms with Crippen LogP contribution in [0.15, 0.2) is 34.7 Å². The lowest BCUT2D eigenvalue weighted by molar-refractivity contribution is 0.0951. The highest BCUT2D eigenvalue weighted by molar-refractivity contribution is 7.91. The minimum absolute atomic E-state index is 0.243. The van der Waals surface area contributed by atoms with Crippen molar-refractivity contribution in [1.29, 1.82) is 0 Å². The summed E-state index contributed by atoms with van der Waals surface area (Å²) in [5.74, 6) is 0.585. The molecule has 0 aliphatic carbocycles. The number of thiophene rings is 1. The molecule has 158 valence electrons. The third-order valence-corrected chi connectivity index (χ3v) is 8.31. The zero-order valence-corrected chi connectivity index (χ0v) is 18.3. The summed E-state index contributed by atoms with van der Waals surface area (Å²) >= 11 is 1.18. The molecule has 0 bridgehead atoms. The molecular formula is C19H26N4O4S2. The first-order valence-electron chi connectivity index (χ1n) is 9.61. The molecule has 2 aromatic heterocycles. The van der Waals surface area contributed by atoms with Crippen LogP contribution in [0.5, 0.6) is 0 Å². The molecule has 29 heavy (non-hydrogen) atoms. The van der Waals surface area contributed by atoms with Crippen LogP contribution in [0.1, 0.15) is 29.1 Å². The van der Waals surface area contributed by atoms with E-state index in [0.717, 1.165) is 23.8 Å². The van der Waals surface area contributed by atoms with Crippen LogP contribution in [0.4, 0.5) is 5.82 Å². The molecule has 0 aromatic carbocycles. The summed E-state index contributed by atoms with van der Waals surface area (Å²) in [6, 6.07) is 6.91. The average Bonchev–Trinajstić information content (AvgIpc) is 3.23. The maximum atomic E-state index is 12.6. The van der Waals surface area contributed by atoms with E-state index in [9.17, 15) is 13.2 Å². The maximum absolute atomic E-state index is 12.6. The second kappa shape index (κ2) is 9.66. The number of pyridine rings is 1. The normalized spacial score (nSPS) is 14.9. The van der Waals surface area contributed by atoms with Crippen molar-refractivity contribution in [2.75, 3.05) is 44.3 Å². The number of hydrogen-bond donors (Lipinski definition) is 1. The first kappa shape index (κ1) is 21.7. The first-order chi connectivity index (χ1) is 14.0. The second-order valence-electron chi connectivity index (χ2n) is 6.50. The lowest BCUT2D eigenvalue weighted by Crippen LogP contribution is -2.36. The monoisotopic (exact) mass is 438 g/mol. The standard InChI is InChI=1S/C19H26N4O4S2/c1-3-23(4-2)29(25,26)18-8-6-16(28-18)14-21-19(24)15-5-7-17(20-13-15)22-9-11-27-12-10-22/h5-8,13H,3-4,9-12,14H2,1-2H3,(H,21,24). The van der Waals surface area contributed by atoms with Gasteiger partial charge in [0, 0.05) is 37.3 Å². The van der Waals surface area contributed by atoms with Gasteiger partial charge in [0.15, 0.2) is 0 Å². The van der Waals surface area contributed by atoms with Gasteiger partial charge in [0.05, 0.1) is 25.3 Å². The van der Waals surface area contributed by atoms with Gasteiger partial charge in [-0.05, 0) is 24.3 Å². The SMILES string of the molecule is CCN(CC)S(=O)(=O)c1ccc(CNC(=O)c2ccc(N3CCOCC3)nc2)s1. The highest BCUT2D eigenvalue weighted by atomic mass is 32.2. The molecule has 0 unspecified atom stereocenters. The number of nitrogens with one attached hydrogen (secondary N) is 1. The summed E-state index contributed by atoms with van der Waals surface area (Å²) in [6.07, 6.45) is 1.56. The Morgan fingerprint density at radius 2 is 1.93 bits per heavy atom. The zero-order valence-electron chi connectivity index (χ0n) is 16.6. The fraction of sp³-hybridized carbons (Fsp3) is 0.474. The van der Waals surface area contributed by atoms with Gasteiger partial charge in [-0.3, -0.25) is 4.79 Å². The van der Waals surface area contributed by atoms with Gasteiger partial charge in [-0.1, -0.05) is 13.8 Å². The minimum atomic E-state index is -3.47. The van der Waals surface area contributed by atoms with Gasteiger partial charge in [0.1, 0.15) is 10.0 Å². The molecule has 1 aliphatic rings. The maximum Gasteiger partial charge on any atom is 0.253 e. The number of amides is 1. The van der Waals surface area contributed by atoms with E-state index in [-0.39, 0.29) is 12.5 Å². The van der Waals surface area contributed by atoms with Crippen LogP contribution in [0, 0.1) is 0 Å². The summed E-state index contributed by atoms with van der Waals surface area (Å²) in [7, 11) is -3.47. The average molecular weight is 439 g/mol. The van der Waals surface area contributed by atoms with Crippen LogP contribution in [0.3, 0.4) is 0 Å². The Bertz CT molecular complexity index is 918. The number of nitrogens with zero attached hydrogens (tertiary/aromatic N) is 3. The number of anilines is 1. The molecular weight excluding hydrogens is 412 g/mol. The number of carbonyl (C=O) groups excluding carboxylic acids is 1. The fourth-order valence-corrected chi connectivity index (χ4v) is 5.96. The molecule has 10 heteroatoms. The second-order valence-corrected chi connectivity index (χ2v) is 9.83. The van der Waals surface area contributed by atoms with Crippen molar-refractivity contribution in [3.63, 3.8) is 0 Å². The number of ether oxygens (including phenoxy) is 1. The molecule has 1 amide bonds. The molecule has 0 atom stereocenters. The highest BCUT2D eigenvalue weighted by Crippen LogP contribution is 2.25. The molecule has 0 radical (unpaired) electrons. The van der Waals surface area contributed by atoms with Crippen molar-refractivity contribution < 1.29 is 17.9 Å². The number of rotatable bonds is 8. The van der Waals surface area contributed by atoms with Crippen LogP contribution >= 0.6 is 11.3 Å². The molecule has 3 heterocycles. The van der Waals surface area contributed by atoms with E-state index in [2.05, 4.69) is 15.2 Å². The van der Waals surface area contributed by atoms with Crippen molar-refractivity contribution >= 4 is 33.1 Å². The summed E-state index contributed by atoms with van der Waals surface area (Å²) in [6.45, 7) is 7.68. The van der Waals surface area contributed by atoms with E-state index in [0.29, 0.717) is 36.1 Å². The van der Waals surface area contributed by atoms with E-state index in [1.165, 1.54) is 15.6 Å². The largest absolute Gasteiger partial charge is 0.378 e. The van der Waals surface area contributed by atoms with Gasteiger partial charge in [0.2, 0.25) is 0 Å². The molecule has 2 aromatic rings. The third-order valence-electron chi connectivity index (χ3n) is 4.70. The molecule has 1 aliphatic heterocycles. The van der Waals surface area contributed by atoms with Crippen molar-refractivity contribution in [3.05, 3.63) is 40.9 Å². The number of aromatic nitrogens is 1.